The number of amidine groups is 1. The topological polar surface area (TPSA) is 59.1 Å². The van der Waals surface area contributed by atoms with Gasteiger partial charge in [0.2, 0.25) is 0 Å². The van der Waals surface area contributed by atoms with E-state index in [2.05, 4.69) is 0 Å². The van der Waals surface area contributed by atoms with Crippen LogP contribution in [0.2, 0.25) is 0 Å². The Kier molecular flexibility index (Phi) is 4.91. The van der Waals surface area contributed by atoms with E-state index >= 15 is 0 Å². The van der Waals surface area contributed by atoms with Crippen molar-refractivity contribution in [3.8, 4) is 5.75 Å². The third-order valence-corrected chi connectivity index (χ3v) is 3.12. The molecule has 0 saturated heterocycles. The monoisotopic (exact) mass is 302 g/mol. The number of aryl methyl sites for hydroxylation is 1. The van der Waals surface area contributed by atoms with Crippen LogP contribution >= 0.6 is 0 Å². The molecule has 0 aromatic heterocycles. The van der Waals surface area contributed by atoms with E-state index in [-0.39, 0.29) is 5.41 Å². The van der Waals surface area contributed by atoms with E-state index in [1.165, 1.54) is 0 Å². The second kappa shape index (κ2) is 5.95. The lowest BCUT2D eigenvalue weighted by atomic mass is 9.85. The van der Waals surface area contributed by atoms with Crippen molar-refractivity contribution < 1.29 is 17.9 Å². The summed E-state index contributed by atoms with van der Waals surface area (Å²) in [6.45, 7) is 7.10. The molecular formula is C15H21F3N2O. The quantitative estimate of drug-likeness (QED) is 0.656. The number of ether oxygens (including phenoxy) is 1. The van der Waals surface area contributed by atoms with Crippen molar-refractivity contribution in [1.82, 2.24) is 0 Å². The fourth-order valence-electron chi connectivity index (χ4n) is 1.89. The number of halogens is 3. The van der Waals surface area contributed by atoms with Crippen molar-refractivity contribution in [2.45, 2.75) is 39.3 Å². The zero-order valence-electron chi connectivity index (χ0n) is 12.6. The van der Waals surface area contributed by atoms with Gasteiger partial charge in [-0.05, 0) is 24.0 Å². The summed E-state index contributed by atoms with van der Waals surface area (Å²) in [6.07, 6.45) is -4.58. The number of nitrogens with one attached hydrogen (secondary N) is 1. The van der Waals surface area contributed by atoms with Gasteiger partial charge in [0.25, 0.3) is 0 Å². The van der Waals surface area contributed by atoms with Crippen molar-refractivity contribution in [3.05, 3.63) is 29.3 Å². The Labute approximate surface area is 122 Å². The van der Waals surface area contributed by atoms with Crippen molar-refractivity contribution in [2.24, 2.45) is 11.7 Å². The maximum absolute atomic E-state index is 12.8. The molecule has 0 saturated carbocycles. The predicted octanol–water partition coefficient (Wildman–Crippen LogP) is 3.79. The zero-order chi connectivity index (χ0) is 16.4. The van der Waals surface area contributed by atoms with Crippen molar-refractivity contribution in [2.75, 3.05) is 6.61 Å². The standard InChI is InChI=1S/C15H21F3N2O/c1-9-5-6-12(10(7-9)14(2,3)4)21-8-11(13(19)20)15(16,17)18/h5-7,11H,8H2,1-4H3,(H3,19,20). The van der Waals surface area contributed by atoms with E-state index in [4.69, 9.17) is 15.9 Å². The number of benzene rings is 1. The molecule has 3 nitrogen and oxygen atoms in total. The molecule has 1 atom stereocenters. The fraction of sp³-hybridized carbons (Fsp3) is 0.533. The van der Waals surface area contributed by atoms with Crippen LogP contribution in [0.1, 0.15) is 31.9 Å². The summed E-state index contributed by atoms with van der Waals surface area (Å²) in [4.78, 5) is 0. The number of hydrogen-bond donors (Lipinski definition) is 2. The molecule has 1 rings (SSSR count). The van der Waals surface area contributed by atoms with E-state index in [1.807, 2.05) is 33.8 Å². The van der Waals surface area contributed by atoms with E-state index in [0.29, 0.717) is 5.75 Å². The van der Waals surface area contributed by atoms with Crippen LogP contribution in [0, 0.1) is 18.3 Å². The molecule has 0 fully saturated rings. The summed E-state index contributed by atoms with van der Waals surface area (Å²) in [6, 6.07) is 5.33. The van der Waals surface area contributed by atoms with Crippen LogP contribution in [-0.4, -0.2) is 18.6 Å². The van der Waals surface area contributed by atoms with Gasteiger partial charge in [-0.15, -0.1) is 0 Å². The second-order valence-corrected chi connectivity index (χ2v) is 6.11. The van der Waals surface area contributed by atoms with Crippen LogP contribution in [0.5, 0.6) is 5.75 Å². The smallest absolute Gasteiger partial charge is 0.401 e. The van der Waals surface area contributed by atoms with Gasteiger partial charge in [-0.3, -0.25) is 5.41 Å². The van der Waals surface area contributed by atoms with Gasteiger partial charge in [-0.25, -0.2) is 0 Å². The van der Waals surface area contributed by atoms with Crippen LogP contribution in [0.15, 0.2) is 18.2 Å². The van der Waals surface area contributed by atoms with Crippen LogP contribution in [0.4, 0.5) is 13.2 Å². The lowest BCUT2D eigenvalue weighted by Gasteiger charge is -2.25. The van der Waals surface area contributed by atoms with Crippen LogP contribution in [-0.2, 0) is 5.41 Å². The Morgan fingerprint density at radius 1 is 1.29 bits per heavy atom. The highest BCUT2D eigenvalue weighted by Gasteiger charge is 2.42. The Hall–Kier alpha value is -1.72. The molecule has 21 heavy (non-hydrogen) atoms. The number of alkyl halides is 3. The molecule has 0 aliphatic rings. The molecule has 6 heteroatoms. The normalized spacial score (nSPS) is 13.9. The van der Waals surface area contributed by atoms with Gasteiger partial charge in [-0.1, -0.05) is 38.5 Å². The molecule has 0 aliphatic heterocycles. The number of rotatable bonds is 4. The molecule has 118 valence electrons. The average Bonchev–Trinajstić information content (AvgIpc) is 2.27. The molecule has 0 aliphatic carbocycles. The SMILES string of the molecule is Cc1ccc(OCC(C(=N)N)C(F)(F)F)c(C(C)(C)C)c1. The van der Waals surface area contributed by atoms with E-state index < -0.39 is 24.5 Å². The lowest BCUT2D eigenvalue weighted by molar-refractivity contribution is -0.162. The summed E-state index contributed by atoms with van der Waals surface area (Å²) in [7, 11) is 0. The Bertz CT molecular complexity index is 519. The minimum Gasteiger partial charge on any atom is -0.492 e. The Morgan fingerprint density at radius 3 is 2.29 bits per heavy atom. The highest BCUT2D eigenvalue weighted by atomic mass is 19.4. The van der Waals surface area contributed by atoms with Gasteiger partial charge >= 0.3 is 6.18 Å². The first-order chi connectivity index (χ1) is 9.43. The third-order valence-electron chi connectivity index (χ3n) is 3.12. The number of hydrogen-bond acceptors (Lipinski definition) is 2. The molecule has 0 amide bonds. The lowest BCUT2D eigenvalue weighted by Crippen LogP contribution is -2.39. The Balaban J connectivity index is 3.01. The first kappa shape index (κ1) is 17.3. The molecule has 0 radical (unpaired) electrons. The van der Waals surface area contributed by atoms with Gasteiger partial charge < -0.3 is 10.5 Å². The minimum atomic E-state index is -4.58. The average molecular weight is 302 g/mol. The molecule has 1 unspecified atom stereocenters. The molecule has 0 heterocycles. The maximum Gasteiger partial charge on any atom is 0.401 e. The van der Waals surface area contributed by atoms with Gasteiger partial charge in [-0.2, -0.15) is 13.2 Å². The van der Waals surface area contributed by atoms with Crippen molar-refractivity contribution >= 4 is 5.84 Å². The zero-order valence-corrected chi connectivity index (χ0v) is 12.6. The van der Waals surface area contributed by atoms with Crippen LogP contribution in [0.25, 0.3) is 0 Å². The first-order valence-corrected chi connectivity index (χ1v) is 6.57. The molecular weight excluding hydrogens is 281 g/mol. The van der Waals surface area contributed by atoms with Crippen LogP contribution in [0.3, 0.4) is 0 Å². The molecule has 1 aromatic rings. The number of nitrogens with two attached hydrogens (primary N) is 1. The molecule has 3 N–H and O–H groups in total. The van der Waals surface area contributed by atoms with Gasteiger partial charge in [0, 0.05) is 0 Å². The fourth-order valence-corrected chi connectivity index (χ4v) is 1.89. The summed E-state index contributed by atoms with van der Waals surface area (Å²) < 4.78 is 43.6. The molecule has 1 aromatic carbocycles. The van der Waals surface area contributed by atoms with Gasteiger partial charge in [0.05, 0.1) is 0 Å². The summed E-state index contributed by atoms with van der Waals surface area (Å²) in [5.41, 5.74) is 6.59. The first-order valence-electron chi connectivity index (χ1n) is 6.57. The second-order valence-electron chi connectivity index (χ2n) is 6.11. The van der Waals surface area contributed by atoms with Gasteiger partial charge in [0.15, 0.2) is 0 Å². The van der Waals surface area contributed by atoms with Gasteiger partial charge in [0.1, 0.15) is 24.1 Å². The van der Waals surface area contributed by atoms with E-state index in [1.54, 1.807) is 12.1 Å². The minimum absolute atomic E-state index is 0.259. The van der Waals surface area contributed by atoms with E-state index in [0.717, 1.165) is 11.1 Å². The van der Waals surface area contributed by atoms with E-state index in [9.17, 15) is 13.2 Å². The molecule has 0 bridgehead atoms. The maximum atomic E-state index is 12.8. The van der Waals surface area contributed by atoms with Crippen LogP contribution < -0.4 is 10.5 Å². The Morgan fingerprint density at radius 2 is 1.86 bits per heavy atom. The highest BCUT2D eigenvalue weighted by Crippen LogP contribution is 2.33. The third kappa shape index (κ3) is 4.65. The van der Waals surface area contributed by atoms with Crippen molar-refractivity contribution in [3.63, 3.8) is 0 Å². The molecule has 0 spiro atoms. The van der Waals surface area contributed by atoms with Crippen molar-refractivity contribution in [1.29, 1.82) is 5.41 Å². The summed E-state index contributed by atoms with van der Waals surface area (Å²) in [5.74, 6) is -2.64. The predicted molar refractivity (Wildman–Crippen MR) is 76.8 cm³/mol. The largest absolute Gasteiger partial charge is 0.492 e. The summed E-state index contributed by atoms with van der Waals surface area (Å²) in [5, 5.41) is 7.06. The highest BCUT2D eigenvalue weighted by molar-refractivity contribution is 5.80. The summed E-state index contributed by atoms with van der Waals surface area (Å²) >= 11 is 0.